The van der Waals surface area contributed by atoms with Gasteiger partial charge in [-0.05, 0) is 56.3 Å². The van der Waals surface area contributed by atoms with Crippen molar-refractivity contribution < 1.29 is 27.6 Å². The maximum absolute atomic E-state index is 14.1. The molecule has 2 fully saturated rings. The summed E-state index contributed by atoms with van der Waals surface area (Å²) in [6, 6.07) is 7.59. The van der Waals surface area contributed by atoms with E-state index in [0.29, 0.717) is 45.0 Å². The molecule has 0 bridgehead atoms. The van der Waals surface area contributed by atoms with Crippen molar-refractivity contribution in [3.63, 3.8) is 0 Å². The zero-order valence-electron chi connectivity index (χ0n) is 27.7. The molecule has 0 aliphatic carbocycles. The number of alkyl halides is 3. The molecule has 3 aromatic heterocycles. The molecule has 4 aromatic rings. The van der Waals surface area contributed by atoms with Crippen LogP contribution in [0.1, 0.15) is 39.5 Å². The molecule has 0 atom stereocenters. The third-order valence-electron chi connectivity index (χ3n) is 8.93. The zero-order valence-corrected chi connectivity index (χ0v) is 28.5. The fourth-order valence-electron chi connectivity index (χ4n) is 6.18. The van der Waals surface area contributed by atoms with Crippen molar-refractivity contribution in [3.05, 3.63) is 71.0 Å². The van der Waals surface area contributed by atoms with Crippen LogP contribution in [-0.4, -0.2) is 104 Å². The molecular weight excluding hydrogens is 691 g/mol. The van der Waals surface area contributed by atoms with E-state index in [0.717, 1.165) is 36.8 Å². The molecule has 3 amide bonds. The minimum absolute atomic E-state index is 0.00326. The fourth-order valence-corrected chi connectivity index (χ4v) is 6.44. The van der Waals surface area contributed by atoms with E-state index in [4.69, 9.17) is 17.3 Å². The number of nitrogens with one attached hydrogen (secondary N) is 3. The third kappa shape index (κ3) is 7.84. The minimum atomic E-state index is -4.82. The van der Waals surface area contributed by atoms with Gasteiger partial charge in [0.2, 0.25) is 5.91 Å². The van der Waals surface area contributed by atoms with Crippen molar-refractivity contribution in [1.29, 1.82) is 0 Å². The Balaban J connectivity index is 1.13. The zero-order chi connectivity index (χ0) is 36.3. The number of piperidine rings is 1. The van der Waals surface area contributed by atoms with E-state index in [-0.39, 0.29) is 56.9 Å². The van der Waals surface area contributed by atoms with E-state index < -0.39 is 17.8 Å². The number of anilines is 2. The maximum atomic E-state index is 14.1. The molecule has 0 saturated carbocycles. The Morgan fingerprint density at radius 3 is 2.35 bits per heavy atom. The smallest absolute Gasteiger partial charge is 0.383 e. The van der Waals surface area contributed by atoms with Gasteiger partial charge in [-0.3, -0.25) is 14.4 Å². The van der Waals surface area contributed by atoms with Crippen molar-refractivity contribution >= 4 is 40.7 Å². The van der Waals surface area contributed by atoms with Gasteiger partial charge in [0.05, 0.1) is 39.9 Å². The normalized spacial score (nSPS) is 15.6. The molecule has 270 valence electrons. The first-order valence-corrected chi connectivity index (χ1v) is 16.8. The lowest BCUT2D eigenvalue weighted by atomic mass is 9.96. The van der Waals surface area contributed by atoms with Gasteiger partial charge in [0.25, 0.3) is 11.8 Å². The Labute approximate surface area is 296 Å². The summed E-state index contributed by atoms with van der Waals surface area (Å²) in [6.07, 6.45) is 0.604. The molecule has 14 nitrogen and oxygen atoms in total. The number of carbonyl (C=O) groups excluding carboxylic acids is 3. The highest BCUT2D eigenvalue weighted by Crippen LogP contribution is 2.37. The standard InChI is InChI=1S/C33H37ClF3N11O3/c1-45-26(24-19-48(44-28(24)33(35,36)37)27-5-3-22(17-41-27)40-11-8-38)18-42-29(45)30(49)43-21-2-4-23(25(34)16-21)32(51)47-14-12-46(13-15-47)31(50)20-6-9-39-10-7-20/h2-5,16-20,39-40H,6-15,38H2,1H3,(H,43,49). The molecule has 51 heavy (non-hydrogen) atoms. The average molecular weight is 728 g/mol. The SMILES string of the molecule is Cn1c(-c2cn(-c3ccc(NCCN)cn3)nc2C(F)(F)F)cnc1C(=O)Nc1ccc(C(=O)N2CCN(C(=O)C3CCNCC3)CC2)c(Cl)c1. The predicted molar refractivity (Wildman–Crippen MR) is 184 cm³/mol. The van der Waals surface area contributed by atoms with Crippen LogP contribution in [0.15, 0.2) is 48.9 Å². The molecule has 5 N–H and O–H groups in total. The number of benzene rings is 1. The molecule has 5 heterocycles. The maximum Gasteiger partial charge on any atom is 0.435 e. The Hall–Kier alpha value is -5.00. The summed E-state index contributed by atoms with van der Waals surface area (Å²) >= 11 is 6.49. The molecule has 1 aromatic carbocycles. The van der Waals surface area contributed by atoms with E-state index in [1.807, 2.05) is 4.90 Å². The number of carbonyl (C=O) groups is 3. The second-order valence-electron chi connectivity index (χ2n) is 12.3. The number of rotatable bonds is 9. The molecule has 0 unspecified atom stereocenters. The lowest BCUT2D eigenvalue weighted by Gasteiger charge is -2.37. The molecule has 18 heteroatoms. The van der Waals surface area contributed by atoms with Crippen molar-refractivity contribution in [2.45, 2.75) is 19.0 Å². The highest BCUT2D eigenvalue weighted by molar-refractivity contribution is 6.34. The van der Waals surface area contributed by atoms with Crippen molar-refractivity contribution in [2.24, 2.45) is 18.7 Å². The van der Waals surface area contributed by atoms with Gasteiger partial charge in [-0.2, -0.15) is 18.3 Å². The van der Waals surface area contributed by atoms with Crippen LogP contribution in [-0.2, 0) is 18.0 Å². The highest BCUT2D eigenvalue weighted by atomic mass is 35.5. The Morgan fingerprint density at radius 2 is 1.71 bits per heavy atom. The van der Waals surface area contributed by atoms with Crippen molar-refractivity contribution in [1.82, 2.24) is 39.4 Å². The lowest BCUT2D eigenvalue weighted by molar-refractivity contribution is -0.141. The average Bonchev–Trinajstić information content (AvgIpc) is 3.75. The molecule has 6 rings (SSSR count). The third-order valence-corrected chi connectivity index (χ3v) is 9.24. The number of imidazole rings is 1. The molecule has 0 spiro atoms. The van der Waals surface area contributed by atoms with Crippen LogP contribution in [0.5, 0.6) is 0 Å². The lowest BCUT2D eigenvalue weighted by Crippen LogP contribution is -2.52. The van der Waals surface area contributed by atoms with Gasteiger partial charge < -0.3 is 36.1 Å². The second-order valence-corrected chi connectivity index (χ2v) is 12.7. The topological polar surface area (TPSA) is 168 Å². The van der Waals surface area contributed by atoms with Crippen LogP contribution in [0.4, 0.5) is 24.5 Å². The first kappa shape index (κ1) is 35.8. The Morgan fingerprint density at radius 1 is 1.00 bits per heavy atom. The molecule has 2 aliphatic heterocycles. The van der Waals surface area contributed by atoms with Crippen molar-refractivity contribution in [2.75, 3.05) is 63.0 Å². The first-order chi connectivity index (χ1) is 24.4. The number of nitrogens with two attached hydrogens (primary N) is 1. The van der Waals surface area contributed by atoms with Crippen LogP contribution in [0.3, 0.4) is 0 Å². The van der Waals surface area contributed by atoms with Gasteiger partial charge in [0.15, 0.2) is 17.3 Å². The quantitative estimate of drug-likeness (QED) is 0.202. The molecular formula is C33H37ClF3N11O3. The second kappa shape index (κ2) is 15.1. The van der Waals surface area contributed by atoms with Gasteiger partial charge >= 0.3 is 6.18 Å². The van der Waals surface area contributed by atoms with Gasteiger partial charge in [-0.15, -0.1) is 0 Å². The predicted octanol–water partition coefficient (Wildman–Crippen LogP) is 3.25. The summed E-state index contributed by atoms with van der Waals surface area (Å²) in [6.45, 7) is 4.17. The van der Waals surface area contributed by atoms with Crippen LogP contribution in [0.25, 0.3) is 17.1 Å². The van der Waals surface area contributed by atoms with Gasteiger partial charge in [0.1, 0.15) is 0 Å². The minimum Gasteiger partial charge on any atom is -0.383 e. The number of amides is 3. The first-order valence-electron chi connectivity index (χ1n) is 16.4. The Bertz CT molecular complexity index is 1900. The van der Waals surface area contributed by atoms with E-state index in [1.54, 1.807) is 11.0 Å². The highest BCUT2D eigenvalue weighted by Gasteiger charge is 2.39. The molecule has 0 radical (unpaired) electrons. The summed E-state index contributed by atoms with van der Waals surface area (Å²) in [5, 5.41) is 12.8. The number of hydrogen-bond acceptors (Lipinski definition) is 9. The van der Waals surface area contributed by atoms with E-state index in [1.165, 1.54) is 48.3 Å². The monoisotopic (exact) mass is 727 g/mol. The van der Waals surface area contributed by atoms with E-state index in [9.17, 15) is 27.6 Å². The number of nitrogens with zero attached hydrogens (tertiary/aromatic N) is 7. The summed E-state index contributed by atoms with van der Waals surface area (Å²) in [4.78, 5) is 51.2. The molecule has 2 saturated heterocycles. The van der Waals surface area contributed by atoms with Gasteiger partial charge in [-0.25, -0.2) is 14.6 Å². The van der Waals surface area contributed by atoms with Gasteiger partial charge in [0, 0.05) is 64.1 Å². The summed E-state index contributed by atoms with van der Waals surface area (Å²) in [5.74, 6) is -0.891. The largest absolute Gasteiger partial charge is 0.435 e. The number of pyridine rings is 1. The van der Waals surface area contributed by atoms with Crippen LogP contribution < -0.4 is 21.7 Å². The summed E-state index contributed by atoms with van der Waals surface area (Å²) < 4.78 is 44.6. The number of piperazine rings is 1. The fraction of sp³-hybridized carbons (Fsp3) is 0.394. The summed E-state index contributed by atoms with van der Waals surface area (Å²) in [7, 11) is 1.42. The number of halogens is 4. The van der Waals surface area contributed by atoms with Gasteiger partial charge in [-0.1, -0.05) is 11.6 Å². The van der Waals surface area contributed by atoms with Crippen LogP contribution in [0, 0.1) is 5.92 Å². The van der Waals surface area contributed by atoms with Crippen LogP contribution >= 0.6 is 11.6 Å². The van der Waals surface area contributed by atoms with E-state index in [2.05, 4.69) is 31.0 Å². The Kier molecular flexibility index (Phi) is 10.6. The van der Waals surface area contributed by atoms with E-state index >= 15 is 0 Å². The summed E-state index contributed by atoms with van der Waals surface area (Å²) in [5.41, 5.74) is 5.15. The number of aromatic nitrogens is 5. The molecule has 2 aliphatic rings. The number of hydrogen-bond donors (Lipinski definition) is 4. The van der Waals surface area contributed by atoms with Crippen LogP contribution in [0.2, 0.25) is 5.02 Å². The van der Waals surface area contributed by atoms with Crippen molar-refractivity contribution in [3.8, 4) is 17.1 Å².